The third-order valence-electron chi connectivity index (χ3n) is 3.47. The van der Waals surface area contributed by atoms with Crippen LogP contribution in [0.1, 0.15) is 18.1 Å². The first-order chi connectivity index (χ1) is 11.3. The number of rotatable bonds is 9. The second kappa shape index (κ2) is 9.77. The Morgan fingerprint density at radius 3 is 2.57 bits per heavy atom. The number of amides is 1. The molecule has 0 radical (unpaired) electrons. The van der Waals surface area contributed by atoms with Crippen LogP contribution < -0.4 is 10.6 Å². The van der Waals surface area contributed by atoms with E-state index in [4.69, 9.17) is 4.74 Å². The number of para-hydroxylation sites is 1. The second-order valence-electron chi connectivity index (χ2n) is 5.27. The standard InChI is InChI=1S/C19H24N2O2/c1-2-20-14-17-10-6-7-11-18(17)21-19(22)15-23-13-12-16-8-4-3-5-9-16/h3-11,20H,2,12-15H2,1H3,(H,21,22). The molecule has 2 aromatic rings. The Bertz CT molecular complexity index is 599. The number of hydrogen-bond acceptors (Lipinski definition) is 3. The first kappa shape index (κ1) is 17.2. The molecule has 0 bridgehead atoms. The van der Waals surface area contributed by atoms with E-state index < -0.39 is 0 Å². The van der Waals surface area contributed by atoms with E-state index >= 15 is 0 Å². The van der Waals surface area contributed by atoms with Crippen molar-refractivity contribution in [3.8, 4) is 0 Å². The lowest BCUT2D eigenvalue weighted by Gasteiger charge is -2.11. The maximum absolute atomic E-state index is 12.0. The Labute approximate surface area is 137 Å². The Balaban J connectivity index is 1.74. The fraction of sp³-hybridized carbons (Fsp3) is 0.316. The fourth-order valence-electron chi connectivity index (χ4n) is 2.24. The van der Waals surface area contributed by atoms with Crippen molar-refractivity contribution in [3.63, 3.8) is 0 Å². The predicted octanol–water partition coefficient (Wildman–Crippen LogP) is 2.99. The van der Waals surface area contributed by atoms with E-state index in [9.17, 15) is 4.79 Å². The van der Waals surface area contributed by atoms with Gasteiger partial charge in [0.15, 0.2) is 0 Å². The highest BCUT2D eigenvalue weighted by Gasteiger charge is 2.06. The number of nitrogens with one attached hydrogen (secondary N) is 2. The van der Waals surface area contributed by atoms with Crippen molar-refractivity contribution in [1.29, 1.82) is 0 Å². The molecule has 0 aromatic heterocycles. The average molecular weight is 312 g/mol. The van der Waals surface area contributed by atoms with Crippen LogP contribution in [0.15, 0.2) is 54.6 Å². The molecule has 0 saturated carbocycles. The molecule has 2 N–H and O–H groups in total. The lowest BCUT2D eigenvalue weighted by atomic mass is 10.1. The van der Waals surface area contributed by atoms with Gasteiger partial charge >= 0.3 is 0 Å². The van der Waals surface area contributed by atoms with Crippen LogP contribution in [-0.2, 0) is 22.5 Å². The molecule has 0 heterocycles. The van der Waals surface area contributed by atoms with E-state index in [0.717, 1.165) is 30.8 Å². The molecule has 2 rings (SSSR count). The Morgan fingerprint density at radius 2 is 1.78 bits per heavy atom. The van der Waals surface area contributed by atoms with Crippen LogP contribution >= 0.6 is 0 Å². The summed E-state index contributed by atoms with van der Waals surface area (Å²) in [5, 5.41) is 6.18. The molecule has 4 heteroatoms. The highest BCUT2D eigenvalue weighted by Crippen LogP contribution is 2.14. The van der Waals surface area contributed by atoms with Gasteiger partial charge in [0.2, 0.25) is 5.91 Å². The van der Waals surface area contributed by atoms with E-state index in [1.54, 1.807) is 0 Å². The topological polar surface area (TPSA) is 50.4 Å². The molecule has 2 aromatic carbocycles. The molecule has 23 heavy (non-hydrogen) atoms. The van der Waals surface area contributed by atoms with Crippen molar-refractivity contribution in [3.05, 3.63) is 65.7 Å². The van der Waals surface area contributed by atoms with Crippen molar-refractivity contribution in [2.24, 2.45) is 0 Å². The zero-order chi connectivity index (χ0) is 16.3. The van der Waals surface area contributed by atoms with E-state index in [-0.39, 0.29) is 12.5 Å². The smallest absolute Gasteiger partial charge is 0.250 e. The summed E-state index contributed by atoms with van der Waals surface area (Å²) in [6.07, 6.45) is 0.811. The van der Waals surface area contributed by atoms with E-state index in [2.05, 4.69) is 29.7 Å². The maximum atomic E-state index is 12.0. The van der Waals surface area contributed by atoms with Crippen LogP contribution in [0.5, 0.6) is 0 Å². The monoisotopic (exact) mass is 312 g/mol. The van der Waals surface area contributed by atoms with Crippen molar-refractivity contribution in [2.75, 3.05) is 25.1 Å². The van der Waals surface area contributed by atoms with Gasteiger partial charge < -0.3 is 15.4 Å². The Hall–Kier alpha value is -2.17. The summed E-state index contributed by atoms with van der Waals surface area (Å²) in [5.74, 6) is -0.123. The molecule has 0 spiro atoms. The summed E-state index contributed by atoms with van der Waals surface area (Å²) in [7, 11) is 0. The summed E-state index contributed by atoms with van der Waals surface area (Å²) in [5.41, 5.74) is 3.13. The van der Waals surface area contributed by atoms with Crippen molar-refractivity contribution < 1.29 is 9.53 Å². The van der Waals surface area contributed by atoms with E-state index in [0.29, 0.717) is 6.61 Å². The summed E-state index contributed by atoms with van der Waals surface area (Å²) >= 11 is 0. The molecule has 0 fully saturated rings. The van der Waals surface area contributed by atoms with Crippen molar-refractivity contribution in [2.45, 2.75) is 19.9 Å². The van der Waals surface area contributed by atoms with Gasteiger partial charge in [0.1, 0.15) is 6.61 Å². The van der Waals surface area contributed by atoms with Gasteiger partial charge in [0.25, 0.3) is 0 Å². The van der Waals surface area contributed by atoms with Gasteiger partial charge in [-0.15, -0.1) is 0 Å². The first-order valence-electron chi connectivity index (χ1n) is 7.99. The molecule has 0 unspecified atom stereocenters. The number of carbonyl (C=O) groups is 1. The molecule has 122 valence electrons. The molecule has 0 aliphatic rings. The summed E-state index contributed by atoms with van der Waals surface area (Å²) < 4.78 is 5.46. The SMILES string of the molecule is CCNCc1ccccc1NC(=O)COCCc1ccccc1. The van der Waals surface area contributed by atoms with Crippen molar-refractivity contribution in [1.82, 2.24) is 5.32 Å². The fourth-order valence-corrected chi connectivity index (χ4v) is 2.24. The normalized spacial score (nSPS) is 10.5. The van der Waals surface area contributed by atoms with Gasteiger partial charge in [-0.3, -0.25) is 4.79 Å². The highest BCUT2D eigenvalue weighted by atomic mass is 16.5. The van der Waals surface area contributed by atoms with Crippen LogP contribution in [0, 0.1) is 0 Å². The minimum Gasteiger partial charge on any atom is -0.371 e. The van der Waals surface area contributed by atoms with Gasteiger partial charge in [-0.1, -0.05) is 55.5 Å². The average Bonchev–Trinajstić information content (AvgIpc) is 2.59. The minimum absolute atomic E-state index is 0.0718. The van der Waals surface area contributed by atoms with Gasteiger partial charge in [0, 0.05) is 12.2 Å². The zero-order valence-corrected chi connectivity index (χ0v) is 13.5. The van der Waals surface area contributed by atoms with Gasteiger partial charge in [0.05, 0.1) is 6.61 Å². The van der Waals surface area contributed by atoms with Crippen LogP contribution in [-0.4, -0.2) is 25.7 Å². The highest BCUT2D eigenvalue weighted by molar-refractivity contribution is 5.92. The third kappa shape index (κ3) is 6.22. The number of hydrogen-bond donors (Lipinski definition) is 2. The molecular formula is C19H24N2O2. The predicted molar refractivity (Wildman–Crippen MR) is 93.4 cm³/mol. The van der Waals surface area contributed by atoms with Crippen LogP contribution in [0.3, 0.4) is 0 Å². The molecule has 0 atom stereocenters. The molecule has 0 aliphatic carbocycles. The van der Waals surface area contributed by atoms with Crippen LogP contribution in [0.2, 0.25) is 0 Å². The largest absolute Gasteiger partial charge is 0.371 e. The maximum Gasteiger partial charge on any atom is 0.250 e. The number of benzene rings is 2. The third-order valence-corrected chi connectivity index (χ3v) is 3.47. The Morgan fingerprint density at radius 1 is 1.04 bits per heavy atom. The number of ether oxygens (including phenoxy) is 1. The van der Waals surface area contributed by atoms with E-state index in [1.807, 2.05) is 42.5 Å². The molecular weight excluding hydrogens is 288 g/mol. The lowest BCUT2D eigenvalue weighted by molar-refractivity contribution is -0.120. The van der Waals surface area contributed by atoms with Crippen molar-refractivity contribution >= 4 is 11.6 Å². The molecule has 0 aliphatic heterocycles. The summed E-state index contributed by atoms with van der Waals surface area (Å²) in [6.45, 7) is 4.30. The molecule has 1 amide bonds. The molecule has 0 saturated heterocycles. The van der Waals surface area contributed by atoms with Gasteiger partial charge in [-0.2, -0.15) is 0 Å². The minimum atomic E-state index is -0.123. The van der Waals surface area contributed by atoms with Crippen LogP contribution in [0.4, 0.5) is 5.69 Å². The second-order valence-corrected chi connectivity index (χ2v) is 5.27. The molecule has 4 nitrogen and oxygen atoms in total. The number of carbonyl (C=O) groups excluding carboxylic acids is 1. The van der Waals surface area contributed by atoms with Crippen LogP contribution in [0.25, 0.3) is 0 Å². The quantitative estimate of drug-likeness (QED) is 0.700. The van der Waals surface area contributed by atoms with E-state index in [1.165, 1.54) is 5.56 Å². The Kier molecular flexibility index (Phi) is 7.30. The first-order valence-corrected chi connectivity index (χ1v) is 7.99. The summed E-state index contributed by atoms with van der Waals surface area (Å²) in [6, 6.07) is 17.9. The summed E-state index contributed by atoms with van der Waals surface area (Å²) in [4.78, 5) is 12.0. The van der Waals surface area contributed by atoms with Gasteiger partial charge in [-0.05, 0) is 30.2 Å². The zero-order valence-electron chi connectivity index (χ0n) is 13.5. The number of anilines is 1. The van der Waals surface area contributed by atoms with Gasteiger partial charge in [-0.25, -0.2) is 0 Å². The lowest BCUT2D eigenvalue weighted by Crippen LogP contribution is -2.21.